The van der Waals surface area contributed by atoms with Gasteiger partial charge in [-0.05, 0) is 55.3 Å². The highest BCUT2D eigenvalue weighted by atomic mass is 35.5. The Bertz CT molecular complexity index is 844. The first-order valence-electron chi connectivity index (χ1n) is 6.90. The fourth-order valence-electron chi connectivity index (χ4n) is 2.97. The molecule has 1 aliphatic rings. The molecule has 2 aromatic carbocycles. The van der Waals surface area contributed by atoms with Gasteiger partial charge >= 0.3 is 0 Å². The lowest BCUT2D eigenvalue weighted by Crippen LogP contribution is -2.51. The summed E-state index contributed by atoms with van der Waals surface area (Å²) in [4.78, 5) is -0.0440. The molecule has 2 aromatic rings. The molecule has 1 N–H and O–H groups in total. The van der Waals surface area contributed by atoms with Crippen molar-refractivity contribution in [3.8, 4) is 0 Å². The molecule has 122 valence electrons. The second-order valence-corrected chi connectivity index (χ2v) is 8.33. The Morgan fingerprint density at radius 2 is 1.70 bits per heavy atom. The Kier molecular flexibility index (Phi) is 3.94. The zero-order valence-electron chi connectivity index (χ0n) is 11.8. The summed E-state index contributed by atoms with van der Waals surface area (Å²) in [6, 6.07) is 8.18. The van der Waals surface area contributed by atoms with Crippen LogP contribution in [0.3, 0.4) is 0 Å². The standard InChI is InChI=1S/C16H13ClF2O3S/c17-10-1-4-13(5-2-10)23(21,22)16(8-12(20)9-16)14-7-11(18)3-6-15(14)19/h1-7,12,20H,8-9H2/t12-,16-. The van der Waals surface area contributed by atoms with Crippen molar-refractivity contribution in [1.29, 1.82) is 0 Å². The van der Waals surface area contributed by atoms with Crippen LogP contribution in [0.4, 0.5) is 8.78 Å². The van der Waals surface area contributed by atoms with Crippen LogP contribution in [0.25, 0.3) is 0 Å². The minimum Gasteiger partial charge on any atom is -0.393 e. The Morgan fingerprint density at radius 3 is 2.26 bits per heavy atom. The number of aliphatic hydroxyl groups is 1. The van der Waals surface area contributed by atoms with Crippen LogP contribution < -0.4 is 0 Å². The van der Waals surface area contributed by atoms with Crippen molar-refractivity contribution in [1.82, 2.24) is 0 Å². The van der Waals surface area contributed by atoms with Crippen LogP contribution in [-0.2, 0) is 14.6 Å². The van der Waals surface area contributed by atoms with E-state index in [1.165, 1.54) is 24.3 Å². The zero-order chi connectivity index (χ0) is 16.8. The Hall–Kier alpha value is -1.50. The Labute approximate surface area is 137 Å². The van der Waals surface area contributed by atoms with Crippen molar-refractivity contribution in [2.45, 2.75) is 28.6 Å². The summed E-state index contributed by atoms with van der Waals surface area (Å²) in [7, 11) is -4.03. The summed E-state index contributed by atoms with van der Waals surface area (Å²) in [5, 5.41) is 10.0. The van der Waals surface area contributed by atoms with Gasteiger partial charge in [0.2, 0.25) is 0 Å². The summed E-state index contributed by atoms with van der Waals surface area (Å²) in [6.07, 6.45) is -1.24. The molecule has 0 saturated heterocycles. The van der Waals surface area contributed by atoms with E-state index in [1.54, 1.807) is 0 Å². The minimum atomic E-state index is -4.03. The molecule has 3 rings (SSSR count). The summed E-state index contributed by atoms with van der Waals surface area (Å²) < 4.78 is 52.1. The van der Waals surface area contributed by atoms with Crippen molar-refractivity contribution in [3.63, 3.8) is 0 Å². The first-order valence-corrected chi connectivity index (χ1v) is 8.76. The maximum atomic E-state index is 14.2. The van der Waals surface area contributed by atoms with E-state index in [9.17, 15) is 22.3 Å². The van der Waals surface area contributed by atoms with Crippen LogP contribution >= 0.6 is 11.6 Å². The number of hydrogen-bond donors (Lipinski definition) is 1. The second kappa shape index (κ2) is 5.54. The molecule has 0 unspecified atom stereocenters. The van der Waals surface area contributed by atoms with E-state index < -0.39 is 32.3 Å². The third-order valence-electron chi connectivity index (χ3n) is 4.19. The quantitative estimate of drug-likeness (QED) is 0.914. The number of hydrogen-bond acceptors (Lipinski definition) is 3. The smallest absolute Gasteiger partial charge is 0.188 e. The van der Waals surface area contributed by atoms with E-state index in [4.69, 9.17) is 11.6 Å². The van der Waals surface area contributed by atoms with Crippen LogP contribution in [0.15, 0.2) is 47.4 Å². The van der Waals surface area contributed by atoms with Gasteiger partial charge in [-0.25, -0.2) is 17.2 Å². The van der Waals surface area contributed by atoms with Crippen LogP contribution in [0.2, 0.25) is 5.02 Å². The maximum Gasteiger partial charge on any atom is 0.188 e. The normalized spacial score (nSPS) is 24.3. The van der Waals surface area contributed by atoms with E-state index in [-0.39, 0.29) is 23.3 Å². The van der Waals surface area contributed by atoms with Crippen molar-refractivity contribution >= 4 is 21.4 Å². The van der Waals surface area contributed by atoms with Crippen LogP contribution in [0.1, 0.15) is 18.4 Å². The lowest BCUT2D eigenvalue weighted by Gasteiger charge is -2.44. The molecule has 7 heteroatoms. The number of benzene rings is 2. The average Bonchev–Trinajstić information content (AvgIpc) is 2.46. The number of sulfone groups is 1. The minimum absolute atomic E-state index is 0.0440. The molecule has 1 fully saturated rings. The fourth-order valence-corrected chi connectivity index (χ4v) is 5.31. The molecular weight excluding hydrogens is 346 g/mol. The Balaban J connectivity index is 2.18. The van der Waals surface area contributed by atoms with Gasteiger partial charge in [-0.15, -0.1) is 0 Å². The lowest BCUT2D eigenvalue weighted by atomic mass is 9.76. The molecule has 1 saturated carbocycles. The van der Waals surface area contributed by atoms with E-state index >= 15 is 0 Å². The van der Waals surface area contributed by atoms with Crippen molar-refractivity contribution in [3.05, 3.63) is 64.7 Å². The van der Waals surface area contributed by atoms with Gasteiger partial charge in [0.05, 0.1) is 11.0 Å². The van der Waals surface area contributed by atoms with Gasteiger partial charge in [0, 0.05) is 10.6 Å². The topological polar surface area (TPSA) is 54.4 Å². The highest BCUT2D eigenvalue weighted by Gasteiger charge is 2.56. The van der Waals surface area contributed by atoms with Gasteiger partial charge in [-0.2, -0.15) is 0 Å². The summed E-state index contributed by atoms with van der Waals surface area (Å²) in [6.45, 7) is 0. The van der Waals surface area contributed by atoms with Gasteiger partial charge in [-0.1, -0.05) is 11.6 Å². The van der Waals surface area contributed by atoms with E-state index in [0.29, 0.717) is 5.02 Å². The molecule has 1 aliphatic carbocycles. The fraction of sp³-hybridized carbons (Fsp3) is 0.250. The predicted octanol–water partition coefficient (Wildman–Crippen LogP) is 3.44. The molecule has 0 aromatic heterocycles. The molecule has 0 bridgehead atoms. The zero-order valence-corrected chi connectivity index (χ0v) is 13.4. The SMILES string of the molecule is O=S(=O)(c1ccc(Cl)cc1)[C@]1(c2cc(F)ccc2F)C[C@@H](O)C1. The molecule has 0 spiro atoms. The van der Waals surface area contributed by atoms with Gasteiger partial charge in [0.1, 0.15) is 16.4 Å². The number of aliphatic hydroxyl groups excluding tert-OH is 1. The summed E-state index contributed by atoms with van der Waals surface area (Å²) in [5.74, 6) is -1.54. The number of halogens is 3. The number of rotatable bonds is 3. The third-order valence-corrected chi connectivity index (χ3v) is 6.92. The van der Waals surface area contributed by atoms with Gasteiger partial charge in [-0.3, -0.25) is 0 Å². The molecule has 0 amide bonds. The van der Waals surface area contributed by atoms with Crippen molar-refractivity contribution in [2.75, 3.05) is 0 Å². The van der Waals surface area contributed by atoms with Crippen LogP contribution in [0.5, 0.6) is 0 Å². The molecule has 23 heavy (non-hydrogen) atoms. The second-order valence-electron chi connectivity index (χ2n) is 5.64. The largest absolute Gasteiger partial charge is 0.393 e. The van der Waals surface area contributed by atoms with Crippen molar-refractivity contribution < 1.29 is 22.3 Å². The molecule has 0 heterocycles. The maximum absolute atomic E-state index is 14.2. The summed E-state index contributed by atoms with van der Waals surface area (Å²) >= 11 is 5.77. The first-order chi connectivity index (χ1) is 10.8. The van der Waals surface area contributed by atoms with E-state index in [0.717, 1.165) is 18.2 Å². The predicted molar refractivity (Wildman–Crippen MR) is 81.9 cm³/mol. The van der Waals surface area contributed by atoms with E-state index in [1.807, 2.05) is 0 Å². The van der Waals surface area contributed by atoms with Crippen LogP contribution in [-0.4, -0.2) is 19.6 Å². The van der Waals surface area contributed by atoms with Crippen LogP contribution in [0, 0.1) is 11.6 Å². The first kappa shape index (κ1) is 16.4. The molecule has 0 atom stereocenters. The van der Waals surface area contributed by atoms with Gasteiger partial charge in [0.25, 0.3) is 0 Å². The lowest BCUT2D eigenvalue weighted by molar-refractivity contribution is 0.0539. The Morgan fingerprint density at radius 1 is 1.09 bits per heavy atom. The van der Waals surface area contributed by atoms with E-state index in [2.05, 4.69) is 0 Å². The molecule has 0 aliphatic heterocycles. The molecule has 3 nitrogen and oxygen atoms in total. The molecule has 0 radical (unpaired) electrons. The van der Waals surface area contributed by atoms with Gasteiger partial charge < -0.3 is 5.11 Å². The highest BCUT2D eigenvalue weighted by Crippen LogP contribution is 2.51. The summed E-state index contributed by atoms with van der Waals surface area (Å²) in [5.41, 5.74) is -0.252. The molecular formula is C16H13ClF2O3S. The van der Waals surface area contributed by atoms with Crippen molar-refractivity contribution in [2.24, 2.45) is 0 Å². The highest BCUT2D eigenvalue weighted by molar-refractivity contribution is 7.92. The monoisotopic (exact) mass is 358 g/mol. The third kappa shape index (κ3) is 2.55. The van der Waals surface area contributed by atoms with Gasteiger partial charge in [0.15, 0.2) is 9.84 Å². The average molecular weight is 359 g/mol.